The largest absolute Gasteiger partial charge is 0.472 e. The Morgan fingerprint density at radius 1 is 1.37 bits per heavy atom. The molecular weight excluding hydrogens is 330 g/mol. The van der Waals surface area contributed by atoms with Gasteiger partial charge in [-0.3, -0.25) is 0 Å². The highest BCUT2D eigenvalue weighted by atomic mass is 79.9. The van der Waals surface area contributed by atoms with E-state index in [4.69, 9.17) is 16.3 Å². The van der Waals surface area contributed by atoms with Crippen LogP contribution in [-0.4, -0.2) is 16.5 Å². The van der Waals surface area contributed by atoms with Crippen LogP contribution >= 0.6 is 27.5 Å². The average Bonchev–Trinajstić information content (AvgIpc) is 2.40. The number of nitrogens with zero attached hydrogens (tertiary/aromatic N) is 2. The van der Waals surface area contributed by atoms with E-state index in [1.165, 1.54) is 6.33 Å². The first kappa shape index (κ1) is 14.1. The molecule has 4 nitrogen and oxygen atoms in total. The first-order valence-electron chi connectivity index (χ1n) is 5.82. The van der Waals surface area contributed by atoms with Gasteiger partial charge in [0.15, 0.2) is 0 Å². The van der Waals surface area contributed by atoms with E-state index in [1.54, 1.807) is 0 Å². The van der Waals surface area contributed by atoms with Gasteiger partial charge in [0, 0.05) is 11.6 Å². The van der Waals surface area contributed by atoms with Crippen LogP contribution in [0.25, 0.3) is 0 Å². The summed E-state index contributed by atoms with van der Waals surface area (Å²) >= 11 is 9.36. The van der Waals surface area contributed by atoms with Crippen molar-refractivity contribution < 1.29 is 4.74 Å². The highest BCUT2D eigenvalue weighted by Gasteiger charge is 2.09. The number of aromatic nitrogens is 2. The van der Waals surface area contributed by atoms with Gasteiger partial charge in [-0.15, -0.1) is 0 Å². The summed E-state index contributed by atoms with van der Waals surface area (Å²) < 4.78 is 6.39. The van der Waals surface area contributed by atoms with Crippen LogP contribution in [-0.2, 0) is 6.61 Å². The van der Waals surface area contributed by atoms with Crippen molar-refractivity contribution in [2.45, 2.75) is 13.5 Å². The Bertz CT molecular complexity index is 565. The first-order chi connectivity index (χ1) is 9.20. The molecule has 0 atom stereocenters. The minimum atomic E-state index is 0.405. The van der Waals surface area contributed by atoms with Crippen molar-refractivity contribution >= 4 is 33.3 Å². The van der Waals surface area contributed by atoms with Gasteiger partial charge in [0.1, 0.15) is 23.2 Å². The van der Waals surface area contributed by atoms with Crippen LogP contribution in [0.3, 0.4) is 0 Å². The number of halogens is 2. The molecule has 0 aliphatic carbocycles. The molecule has 0 saturated heterocycles. The predicted octanol–water partition coefficient (Wildman–Crippen LogP) is 3.90. The van der Waals surface area contributed by atoms with E-state index in [2.05, 4.69) is 31.2 Å². The fraction of sp³-hybridized carbons (Fsp3) is 0.231. The van der Waals surface area contributed by atoms with E-state index in [1.807, 2.05) is 31.2 Å². The van der Waals surface area contributed by atoms with Gasteiger partial charge >= 0.3 is 0 Å². The van der Waals surface area contributed by atoms with Gasteiger partial charge in [0.05, 0.1) is 0 Å². The van der Waals surface area contributed by atoms with Crippen molar-refractivity contribution in [3.8, 4) is 5.88 Å². The van der Waals surface area contributed by atoms with E-state index < -0.39 is 0 Å². The molecule has 0 radical (unpaired) electrons. The van der Waals surface area contributed by atoms with Crippen LogP contribution in [0, 0.1) is 0 Å². The summed E-state index contributed by atoms with van der Waals surface area (Å²) in [5.41, 5.74) is 0.989. The molecule has 2 rings (SSSR count). The van der Waals surface area contributed by atoms with Crippen molar-refractivity contribution in [3.05, 3.63) is 45.7 Å². The van der Waals surface area contributed by atoms with Gasteiger partial charge in [-0.2, -0.15) is 0 Å². The van der Waals surface area contributed by atoms with Crippen LogP contribution in [0.15, 0.2) is 35.1 Å². The molecule has 0 unspecified atom stereocenters. The second-order valence-electron chi connectivity index (χ2n) is 3.79. The van der Waals surface area contributed by atoms with Crippen LogP contribution in [0.2, 0.25) is 5.02 Å². The Morgan fingerprint density at radius 2 is 2.21 bits per heavy atom. The Morgan fingerprint density at radius 3 is 2.95 bits per heavy atom. The number of anilines is 1. The van der Waals surface area contributed by atoms with Gasteiger partial charge in [-0.05, 0) is 40.5 Å². The molecule has 0 fully saturated rings. The third-order valence-corrected chi connectivity index (χ3v) is 3.32. The number of hydrogen-bond donors (Lipinski definition) is 1. The SMILES string of the molecule is CCNc1ncnc(OCc2cccc(Cl)c2)c1Br. The van der Waals surface area contributed by atoms with Gasteiger partial charge in [-0.25, -0.2) is 9.97 Å². The molecule has 1 heterocycles. The molecule has 0 saturated carbocycles. The molecule has 0 spiro atoms. The van der Waals surface area contributed by atoms with Crippen molar-refractivity contribution in [2.24, 2.45) is 0 Å². The minimum absolute atomic E-state index is 0.405. The zero-order valence-corrected chi connectivity index (χ0v) is 12.7. The van der Waals surface area contributed by atoms with Crippen molar-refractivity contribution in [3.63, 3.8) is 0 Å². The normalized spacial score (nSPS) is 10.3. The molecule has 0 bridgehead atoms. The lowest BCUT2D eigenvalue weighted by Crippen LogP contribution is -2.04. The summed E-state index contributed by atoms with van der Waals surface area (Å²) in [5, 5.41) is 3.82. The monoisotopic (exact) mass is 341 g/mol. The van der Waals surface area contributed by atoms with Gasteiger partial charge in [0.2, 0.25) is 5.88 Å². The van der Waals surface area contributed by atoms with Gasteiger partial charge in [-0.1, -0.05) is 23.7 Å². The summed E-state index contributed by atoms with van der Waals surface area (Å²) in [6, 6.07) is 7.53. The summed E-state index contributed by atoms with van der Waals surface area (Å²) in [4.78, 5) is 8.23. The minimum Gasteiger partial charge on any atom is -0.472 e. The molecule has 100 valence electrons. The second kappa shape index (κ2) is 6.73. The Labute approximate surface area is 125 Å². The summed E-state index contributed by atoms with van der Waals surface area (Å²) in [5.74, 6) is 1.23. The van der Waals surface area contributed by atoms with Gasteiger partial charge < -0.3 is 10.1 Å². The van der Waals surface area contributed by atoms with Crippen LogP contribution in [0.5, 0.6) is 5.88 Å². The van der Waals surface area contributed by atoms with E-state index >= 15 is 0 Å². The summed E-state index contributed by atoms with van der Waals surface area (Å²) in [6.07, 6.45) is 1.47. The molecule has 1 aromatic carbocycles. The van der Waals surface area contributed by atoms with E-state index in [0.717, 1.165) is 22.4 Å². The Kier molecular flexibility index (Phi) is 4.99. The molecule has 19 heavy (non-hydrogen) atoms. The van der Waals surface area contributed by atoms with Crippen molar-refractivity contribution in [1.29, 1.82) is 0 Å². The molecule has 2 aromatic rings. The molecule has 0 amide bonds. The molecule has 0 aliphatic rings. The quantitative estimate of drug-likeness (QED) is 0.895. The molecule has 6 heteroatoms. The molecule has 0 aliphatic heterocycles. The standard InChI is InChI=1S/C13H13BrClN3O/c1-2-16-12-11(14)13(18-8-17-12)19-7-9-4-3-5-10(15)6-9/h3-6,8H,2,7H2,1H3,(H,16,17,18). The predicted molar refractivity (Wildman–Crippen MR) is 79.7 cm³/mol. The highest BCUT2D eigenvalue weighted by molar-refractivity contribution is 9.10. The van der Waals surface area contributed by atoms with Crippen LogP contribution in [0.4, 0.5) is 5.82 Å². The first-order valence-corrected chi connectivity index (χ1v) is 6.99. The zero-order valence-electron chi connectivity index (χ0n) is 10.4. The smallest absolute Gasteiger partial charge is 0.233 e. The average molecular weight is 343 g/mol. The number of ether oxygens (including phenoxy) is 1. The van der Waals surface area contributed by atoms with E-state index in [0.29, 0.717) is 17.5 Å². The van der Waals surface area contributed by atoms with E-state index in [-0.39, 0.29) is 0 Å². The maximum absolute atomic E-state index is 5.92. The summed E-state index contributed by atoms with van der Waals surface area (Å²) in [6.45, 7) is 3.19. The number of rotatable bonds is 5. The number of nitrogens with one attached hydrogen (secondary N) is 1. The Balaban J connectivity index is 2.09. The highest BCUT2D eigenvalue weighted by Crippen LogP contribution is 2.28. The number of hydrogen-bond acceptors (Lipinski definition) is 4. The molecule has 1 aromatic heterocycles. The molecule has 1 N–H and O–H groups in total. The topological polar surface area (TPSA) is 47.0 Å². The van der Waals surface area contributed by atoms with E-state index in [9.17, 15) is 0 Å². The fourth-order valence-electron chi connectivity index (χ4n) is 1.52. The van der Waals surface area contributed by atoms with Crippen LogP contribution < -0.4 is 10.1 Å². The van der Waals surface area contributed by atoms with Crippen molar-refractivity contribution in [2.75, 3.05) is 11.9 Å². The third-order valence-electron chi connectivity index (χ3n) is 2.37. The second-order valence-corrected chi connectivity index (χ2v) is 5.02. The lowest BCUT2D eigenvalue weighted by Gasteiger charge is -2.10. The third kappa shape index (κ3) is 3.81. The zero-order chi connectivity index (χ0) is 13.7. The Hall–Kier alpha value is -1.33. The summed E-state index contributed by atoms with van der Waals surface area (Å²) in [7, 11) is 0. The lowest BCUT2D eigenvalue weighted by molar-refractivity contribution is 0.291. The lowest BCUT2D eigenvalue weighted by atomic mass is 10.2. The van der Waals surface area contributed by atoms with Crippen molar-refractivity contribution in [1.82, 2.24) is 9.97 Å². The fourth-order valence-corrected chi connectivity index (χ4v) is 2.20. The van der Waals surface area contributed by atoms with Crippen LogP contribution in [0.1, 0.15) is 12.5 Å². The maximum Gasteiger partial charge on any atom is 0.233 e. The number of benzene rings is 1. The maximum atomic E-state index is 5.92. The van der Waals surface area contributed by atoms with Gasteiger partial charge in [0.25, 0.3) is 0 Å². The molecular formula is C13H13BrClN3O.